The predicted molar refractivity (Wildman–Crippen MR) is 77.8 cm³/mol. The van der Waals surface area contributed by atoms with Crippen LogP contribution in [0.5, 0.6) is 0 Å². The highest BCUT2D eigenvalue weighted by Crippen LogP contribution is 2.49. The summed E-state index contributed by atoms with van der Waals surface area (Å²) in [5, 5.41) is 0. The fraction of sp³-hybridized carbons (Fsp3) is 0.941. The topological polar surface area (TPSA) is 26.3 Å². The summed E-state index contributed by atoms with van der Waals surface area (Å²) in [5.74, 6) is 2.70. The van der Waals surface area contributed by atoms with Crippen LogP contribution in [0, 0.1) is 28.6 Å². The van der Waals surface area contributed by atoms with Gasteiger partial charge in [0.05, 0.1) is 12.0 Å². The summed E-state index contributed by atoms with van der Waals surface area (Å²) < 4.78 is 5.56. The van der Waals surface area contributed by atoms with E-state index in [0.717, 1.165) is 24.2 Å². The molecule has 0 heterocycles. The average molecular weight is 266 g/mol. The Morgan fingerprint density at radius 1 is 1.11 bits per heavy atom. The minimum atomic E-state index is -0.415. The standard InChI is InChI=1S/C17H30O2/c1-16(2,3)17(4,5)15(18)19-9-8-14-11-12-6-7-13(14)10-12/h12-14H,6-11H2,1-5H3. The van der Waals surface area contributed by atoms with E-state index in [0.29, 0.717) is 6.61 Å². The number of esters is 1. The normalized spacial score (nSPS) is 30.7. The van der Waals surface area contributed by atoms with Crippen molar-refractivity contribution in [3.63, 3.8) is 0 Å². The van der Waals surface area contributed by atoms with Gasteiger partial charge in [0.15, 0.2) is 0 Å². The summed E-state index contributed by atoms with van der Waals surface area (Å²) in [7, 11) is 0. The number of fused-ring (bicyclic) bond motifs is 2. The van der Waals surface area contributed by atoms with E-state index in [1.165, 1.54) is 25.7 Å². The number of rotatable bonds is 4. The van der Waals surface area contributed by atoms with Gasteiger partial charge in [-0.15, -0.1) is 0 Å². The molecule has 110 valence electrons. The molecule has 2 fully saturated rings. The highest BCUT2D eigenvalue weighted by atomic mass is 16.5. The first kappa shape index (κ1) is 14.9. The van der Waals surface area contributed by atoms with Gasteiger partial charge in [-0.1, -0.05) is 27.2 Å². The molecule has 2 bridgehead atoms. The van der Waals surface area contributed by atoms with Crippen LogP contribution < -0.4 is 0 Å². The van der Waals surface area contributed by atoms with Crippen molar-refractivity contribution in [1.82, 2.24) is 0 Å². The molecule has 0 aromatic carbocycles. The monoisotopic (exact) mass is 266 g/mol. The van der Waals surface area contributed by atoms with Crippen molar-refractivity contribution in [3.8, 4) is 0 Å². The van der Waals surface area contributed by atoms with Crippen molar-refractivity contribution in [2.24, 2.45) is 28.6 Å². The van der Waals surface area contributed by atoms with Gasteiger partial charge in [0, 0.05) is 0 Å². The van der Waals surface area contributed by atoms with Crippen LogP contribution in [-0.4, -0.2) is 12.6 Å². The Morgan fingerprint density at radius 3 is 2.26 bits per heavy atom. The summed E-state index contributed by atoms with van der Waals surface area (Å²) in [5.41, 5.74) is -0.474. The van der Waals surface area contributed by atoms with Crippen LogP contribution in [-0.2, 0) is 9.53 Å². The minimum Gasteiger partial charge on any atom is -0.465 e. The summed E-state index contributed by atoms with van der Waals surface area (Å²) in [6.45, 7) is 10.9. The van der Waals surface area contributed by atoms with Crippen molar-refractivity contribution < 1.29 is 9.53 Å². The van der Waals surface area contributed by atoms with Gasteiger partial charge < -0.3 is 4.74 Å². The van der Waals surface area contributed by atoms with E-state index in [9.17, 15) is 4.79 Å². The highest BCUT2D eigenvalue weighted by Gasteiger charge is 2.42. The Kier molecular flexibility index (Phi) is 3.99. The minimum absolute atomic E-state index is 0.0387. The largest absolute Gasteiger partial charge is 0.465 e. The molecule has 2 heteroatoms. The van der Waals surface area contributed by atoms with E-state index in [1.54, 1.807) is 0 Å². The Balaban J connectivity index is 1.75. The third-order valence-corrected chi connectivity index (χ3v) is 5.99. The zero-order chi connectivity index (χ0) is 14.3. The molecule has 2 aliphatic rings. The van der Waals surface area contributed by atoms with Gasteiger partial charge in [-0.25, -0.2) is 0 Å². The second-order valence-electron chi connectivity index (χ2n) is 8.23. The molecule has 3 atom stereocenters. The fourth-order valence-corrected chi connectivity index (χ4v) is 3.52. The third-order valence-electron chi connectivity index (χ3n) is 5.99. The Morgan fingerprint density at radius 2 is 1.79 bits per heavy atom. The van der Waals surface area contributed by atoms with Gasteiger partial charge in [0.25, 0.3) is 0 Å². The molecule has 19 heavy (non-hydrogen) atoms. The number of carbonyl (C=O) groups is 1. The second-order valence-corrected chi connectivity index (χ2v) is 8.23. The van der Waals surface area contributed by atoms with E-state index >= 15 is 0 Å². The number of ether oxygens (including phenoxy) is 1. The summed E-state index contributed by atoms with van der Waals surface area (Å²) in [6, 6.07) is 0. The summed E-state index contributed by atoms with van der Waals surface area (Å²) in [4.78, 5) is 12.2. The zero-order valence-corrected chi connectivity index (χ0v) is 13.3. The smallest absolute Gasteiger partial charge is 0.312 e. The molecule has 0 N–H and O–H groups in total. The lowest BCUT2D eigenvalue weighted by atomic mass is 9.69. The first-order valence-electron chi connectivity index (χ1n) is 7.89. The first-order valence-corrected chi connectivity index (χ1v) is 7.89. The van der Waals surface area contributed by atoms with E-state index < -0.39 is 5.41 Å². The molecule has 2 saturated carbocycles. The van der Waals surface area contributed by atoms with Crippen LogP contribution in [0.3, 0.4) is 0 Å². The number of hydrogen-bond acceptors (Lipinski definition) is 2. The Hall–Kier alpha value is -0.530. The Labute approximate surface area is 118 Å². The van der Waals surface area contributed by atoms with E-state index in [4.69, 9.17) is 4.74 Å². The van der Waals surface area contributed by atoms with Crippen molar-refractivity contribution >= 4 is 5.97 Å². The van der Waals surface area contributed by atoms with Crippen LogP contribution in [0.15, 0.2) is 0 Å². The summed E-state index contributed by atoms with van der Waals surface area (Å²) in [6.07, 6.45) is 6.75. The first-order chi connectivity index (χ1) is 8.72. The van der Waals surface area contributed by atoms with Crippen molar-refractivity contribution in [1.29, 1.82) is 0 Å². The van der Waals surface area contributed by atoms with E-state index in [2.05, 4.69) is 20.8 Å². The van der Waals surface area contributed by atoms with E-state index in [-0.39, 0.29) is 11.4 Å². The SMILES string of the molecule is CC(C)(C)C(C)(C)C(=O)OCCC1CC2CCC1C2. The van der Waals surface area contributed by atoms with Crippen molar-refractivity contribution in [3.05, 3.63) is 0 Å². The highest BCUT2D eigenvalue weighted by molar-refractivity contribution is 5.76. The van der Waals surface area contributed by atoms with Crippen LogP contribution >= 0.6 is 0 Å². The molecule has 0 saturated heterocycles. The lowest BCUT2D eigenvalue weighted by Crippen LogP contribution is -2.39. The maximum Gasteiger partial charge on any atom is 0.312 e. The number of hydrogen-bond donors (Lipinski definition) is 0. The molecular weight excluding hydrogens is 236 g/mol. The van der Waals surface area contributed by atoms with Gasteiger partial charge in [-0.3, -0.25) is 4.79 Å². The molecule has 0 amide bonds. The Bertz CT molecular complexity index is 338. The molecule has 2 rings (SSSR count). The molecule has 0 aromatic rings. The molecule has 0 spiro atoms. The van der Waals surface area contributed by atoms with Gasteiger partial charge in [-0.05, 0) is 62.7 Å². The molecular formula is C17H30O2. The van der Waals surface area contributed by atoms with Crippen molar-refractivity contribution in [2.45, 2.75) is 66.7 Å². The van der Waals surface area contributed by atoms with Gasteiger partial charge in [0.2, 0.25) is 0 Å². The van der Waals surface area contributed by atoms with Gasteiger partial charge in [-0.2, -0.15) is 0 Å². The number of carbonyl (C=O) groups excluding carboxylic acids is 1. The third kappa shape index (κ3) is 2.98. The molecule has 0 radical (unpaired) electrons. The molecule has 0 aliphatic heterocycles. The van der Waals surface area contributed by atoms with Crippen molar-refractivity contribution in [2.75, 3.05) is 6.61 Å². The lowest BCUT2D eigenvalue weighted by Gasteiger charge is -2.36. The van der Waals surface area contributed by atoms with Crippen LogP contribution in [0.1, 0.15) is 66.7 Å². The molecule has 2 aliphatic carbocycles. The van der Waals surface area contributed by atoms with Crippen LogP contribution in [0.2, 0.25) is 0 Å². The van der Waals surface area contributed by atoms with Gasteiger partial charge in [0.1, 0.15) is 0 Å². The fourth-order valence-electron chi connectivity index (χ4n) is 3.52. The predicted octanol–water partition coefficient (Wildman–Crippen LogP) is 4.43. The lowest BCUT2D eigenvalue weighted by molar-refractivity contribution is -0.160. The zero-order valence-electron chi connectivity index (χ0n) is 13.3. The molecule has 2 nitrogen and oxygen atoms in total. The maximum absolute atomic E-state index is 12.2. The molecule has 3 unspecified atom stereocenters. The van der Waals surface area contributed by atoms with Crippen LogP contribution in [0.4, 0.5) is 0 Å². The van der Waals surface area contributed by atoms with E-state index in [1.807, 2.05) is 13.8 Å². The average Bonchev–Trinajstić information content (AvgIpc) is 2.89. The van der Waals surface area contributed by atoms with Crippen LogP contribution in [0.25, 0.3) is 0 Å². The molecule has 0 aromatic heterocycles. The van der Waals surface area contributed by atoms with Gasteiger partial charge >= 0.3 is 5.97 Å². The second kappa shape index (κ2) is 5.10. The maximum atomic E-state index is 12.2. The quantitative estimate of drug-likeness (QED) is 0.704. The summed E-state index contributed by atoms with van der Waals surface area (Å²) >= 11 is 0.